The zero-order valence-electron chi connectivity index (χ0n) is 16.3. The molecule has 0 aromatic heterocycles. The van der Waals surface area contributed by atoms with Gasteiger partial charge in [0.15, 0.2) is 0 Å². The molecule has 0 spiro atoms. The highest BCUT2D eigenvalue weighted by Crippen LogP contribution is 2.58. The number of nitrogens with one attached hydrogen (secondary N) is 2. The van der Waals surface area contributed by atoms with Crippen molar-refractivity contribution in [2.75, 3.05) is 19.4 Å². The van der Waals surface area contributed by atoms with E-state index in [1.54, 1.807) is 19.0 Å². The zero-order valence-corrected chi connectivity index (χ0v) is 16.3. The fourth-order valence-electron chi connectivity index (χ4n) is 3.54. The largest absolute Gasteiger partial charge is 0.349 e. The summed E-state index contributed by atoms with van der Waals surface area (Å²) in [5.41, 5.74) is 2.92. The molecule has 3 rings (SSSR count). The topological polar surface area (TPSA) is 61.4 Å². The van der Waals surface area contributed by atoms with Gasteiger partial charge in [-0.2, -0.15) is 0 Å². The molecule has 0 radical (unpaired) electrons. The van der Waals surface area contributed by atoms with Crippen molar-refractivity contribution < 1.29 is 9.59 Å². The third-order valence-corrected chi connectivity index (χ3v) is 5.34. The molecule has 2 aromatic rings. The number of amides is 3. The highest BCUT2D eigenvalue weighted by molar-refractivity contribution is 5.90. The van der Waals surface area contributed by atoms with Crippen LogP contribution in [0, 0.1) is 5.41 Å². The van der Waals surface area contributed by atoms with Crippen LogP contribution in [0.4, 0.5) is 10.5 Å². The summed E-state index contributed by atoms with van der Waals surface area (Å²) in [6.45, 7) is 4.35. The Hall–Kier alpha value is -2.82. The number of hydrogen-bond donors (Lipinski definition) is 2. The third kappa shape index (κ3) is 4.30. The predicted molar refractivity (Wildman–Crippen MR) is 108 cm³/mol. The lowest BCUT2D eigenvalue weighted by molar-refractivity contribution is -0.127. The third-order valence-electron chi connectivity index (χ3n) is 5.34. The molecule has 0 aliphatic heterocycles. The smallest absolute Gasteiger partial charge is 0.319 e. The second-order valence-corrected chi connectivity index (χ2v) is 7.95. The summed E-state index contributed by atoms with van der Waals surface area (Å²) in [5, 5.41) is 5.97. The molecule has 3 amide bonds. The Kier molecular flexibility index (Phi) is 5.22. The van der Waals surface area contributed by atoms with Crippen LogP contribution in [0.1, 0.15) is 30.9 Å². The fourth-order valence-corrected chi connectivity index (χ4v) is 3.54. The highest BCUT2D eigenvalue weighted by Gasteiger charge is 2.59. The van der Waals surface area contributed by atoms with Crippen molar-refractivity contribution in [1.82, 2.24) is 10.2 Å². The van der Waals surface area contributed by atoms with E-state index in [2.05, 4.69) is 36.6 Å². The Morgan fingerprint density at radius 1 is 1.00 bits per heavy atom. The van der Waals surface area contributed by atoms with Crippen LogP contribution >= 0.6 is 0 Å². The molecular formula is C22H27N3O2. The van der Waals surface area contributed by atoms with E-state index in [1.807, 2.05) is 42.5 Å². The molecule has 1 saturated carbocycles. The Morgan fingerprint density at radius 2 is 1.63 bits per heavy atom. The number of nitrogens with zero attached hydrogens (tertiary/aromatic N) is 1. The average molecular weight is 365 g/mol. The standard InChI is InChI=1S/C22H27N3O2/c1-22(2)19(16-8-6-5-7-9-16)20(22)24-21(27)23-17-12-10-15(11-13-17)14-18(26)25(3)4/h5-13,19-20H,14H2,1-4H3,(H2,23,24,27)/t19-,20-/m1/s1. The molecule has 1 fully saturated rings. The van der Waals surface area contributed by atoms with Gasteiger partial charge >= 0.3 is 6.03 Å². The van der Waals surface area contributed by atoms with E-state index >= 15 is 0 Å². The number of carbonyl (C=O) groups excluding carboxylic acids is 2. The second-order valence-electron chi connectivity index (χ2n) is 7.95. The molecule has 2 atom stereocenters. The van der Waals surface area contributed by atoms with Crippen LogP contribution in [-0.2, 0) is 11.2 Å². The SMILES string of the molecule is CN(C)C(=O)Cc1ccc(NC(=O)N[C@@H]2[C@@H](c3ccccc3)C2(C)C)cc1. The average Bonchev–Trinajstić information content (AvgIpc) is 3.17. The van der Waals surface area contributed by atoms with Gasteiger partial charge in [0, 0.05) is 31.7 Å². The van der Waals surface area contributed by atoms with Gasteiger partial charge in [0.1, 0.15) is 0 Å². The molecule has 27 heavy (non-hydrogen) atoms. The van der Waals surface area contributed by atoms with Crippen LogP contribution in [0.15, 0.2) is 54.6 Å². The Balaban J connectivity index is 1.56. The minimum absolute atomic E-state index is 0.0368. The van der Waals surface area contributed by atoms with Gasteiger partial charge < -0.3 is 15.5 Å². The molecule has 0 heterocycles. The lowest BCUT2D eigenvalue weighted by Gasteiger charge is -2.11. The lowest BCUT2D eigenvalue weighted by atomic mass is 10.0. The summed E-state index contributed by atoms with van der Waals surface area (Å²) in [5.74, 6) is 0.375. The van der Waals surface area contributed by atoms with Gasteiger partial charge in [-0.3, -0.25) is 4.79 Å². The van der Waals surface area contributed by atoms with Crippen molar-refractivity contribution in [3.05, 3.63) is 65.7 Å². The predicted octanol–water partition coefficient (Wildman–Crippen LogP) is 3.63. The van der Waals surface area contributed by atoms with E-state index in [4.69, 9.17) is 0 Å². The number of rotatable bonds is 5. The monoisotopic (exact) mass is 365 g/mol. The quantitative estimate of drug-likeness (QED) is 0.850. The summed E-state index contributed by atoms with van der Waals surface area (Å²) < 4.78 is 0. The first kappa shape index (κ1) is 19.0. The fraction of sp³-hybridized carbons (Fsp3) is 0.364. The van der Waals surface area contributed by atoms with E-state index in [9.17, 15) is 9.59 Å². The number of likely N-dealkylation sites (N-methyl/N-ethyl adjacent to an activating group) is 1. The molecule has 1 aliphatic rings. The number of anilines is 1. The maximum absolute atomic E-state index is 12.4. The van der Waals surface area contributed by atoms with Crippen molar-refractivity contribution >= 4 is 17.6 Å². The molecule has 0 bridgehead atoms. The van der Waals surface area contributed by atoms with Gasteiger partial charge in [-0.05, 0) is 28.7 Å². The number of hydrogen-bond acceptors (Lipinski definition) is 2. The van der Waals surface area contributed by atoms with Gasteiger partial charge in [0.2, 0.25) is 5.91 Å². The van der Waals surface area contributed by atoms with Gasteiger partial charge in [-0.25, -0.2) is 4.79 Å². The lowest BCUT2D eigenvalue weighted by Crippen LogP contribution is -2.33. The molecule has 142 valence electrons. The minimum atomic E-state index is -0.205. The normalized spacial score (nSPS) is 19.9. The van der Waals surface area contributed by atoms with Crippen molar-refractivity contribution in [1.29, 1.82) is 0 Å². The van der Waals surface area contributed by atoms with E-state index < -0.39 is 0 Å². The van der Waals surface area contributed by atoms with Gasteiger partial charge in [0.25, 0.3) is 0 Å². The molecular weight excluding hydrogens is 338 g/mol. The number of urea groups is 1. The number of benzene rings is 2. The van der Waals surface area contributed by atoms with E-state index in [0.717, 1.165) is 5.56 Å². The van der Waals surface area contributed by atoms with Crippen molar-refractivity contribution in [3.63, 3.8) is 0 Å². The molecule has 2 aromatic carbocycles. The summed E-state index contributed by atoms with van der Waals surface area (Å²) in [7, 11) is 3.48. The van der Waals surface area contributed by atoms with Crippen LogP contribution < -0.4 is 10.6 Å². The van der Waals surface area contributed by atoms with Crippen LogP contribution in [0.3, 0.4) is 0 Å². The maximum Gasteiger partial charge on any atom is 0.319 e. The first-order valence-electron chi connectivity index (χ1n) is 9.20. The first-order valence-corrected chi connectivity index (χ1v) is 9.20. The molecule has 5 nitrogen and oxygen atoms in total. The van der Waals surface area contributed by atoms with Crippen LogP contribution in [0.25, 0.3) is 0 Å². The van der Waals surface area contributed by atoms with Crippen molar-refractivity contribution in [2.24, 2.45) is 5.41 Å². The summed E-state index contributed by atoms with van der Waals surface area (Å²) in [6.07, 6.45) is 0.356. The summed E-state index contributed by atoms with van der Waals surface area (Å²) >= 11 is 0. The molecule has 1 aliphatic carbocycles. The Labute approximate surface area is 160 Å². The van der Waals surface area contributed by atoms with Gasteiger partial charge in [-0.15, -0.1) is 0 Å². The Bertz CT molecular complexity index is 813. The molecule has 0 unspecified atom stereocenters. The first-order chi connectivity index (χ1) is 12.8. The van der Waals surface area contributed by atoms with Crippen molar-refractivity contribution in [2.45, 2.75) is 32.2 Å². The highest BCUT2D eigenvalue weighted by atomic mass is 16.2. The zero-order chi connectivity index (χ0) is 19.6. The van der Waals surface area contributed by atoms with Gasteiger partial charge in [-0.1, -0.05) is 56.3 Å². The van der Waals surface area contributed by atoms with Gasteiger partial charge in [0.05, 0.1) is 6.42 Å². The minimum Gasteiger partial charge on any atom is -0.349 e. The van der Waals surface area contributed by atoms with E-state index in [-0.39, 0.29) is 23.4 Å². The second kappa shape index (κ2) is 7.43. The van der Waals surface area contributed by atoms with Crippen molar-refractivity contribution in [3.8, 4) is 0 Å². The Morgan fingerprint density at radius 3 is 2.22 bits per heavy atom. The van der Waals surface area contributed by atoms with E-state index in [1.165, 1.54) is 5.56 Å². The van der Waals surface area contributed by atoms with E-state index in [0.29, 0.717) is 18.0 Å². The summed E-state index contributed by atoms with van der Waals surface area (Å²) in [6, 6.07) is 17.6. The van der Waals surface area contributed by atoms with Crippen LogP contribution in [0.2, 0.25) is 0 Å². The number of carbonyl (C=O) groups is 2. The van der Waals surface area contributed by atoms with Crippen LogP contribution in [-0.4, -0.2) is 37.0 Å². The maximum atomic E-state index is 12.4. The molecule has 2 N–H and O–H groups in total. The molecule has 5 heteroatoms. The molecule has 0 saturated heterocycles. The summed E-state index contributed by atoms with van der Waals surface area (Å²) in [4.78, 5) is 25.7. The van der Waals surface area contributed by atoms with Crippen LogP contribution in [0.5, 0.6) is 0 Å².